The SMILES string of the molecule is CNOCCN1CCC(C(C)(C)O)CC1. The standard InChI is InChI=1S/C11H24N2O2/c1-11(2,14)10-4-6-13(7-5-10)8-9-15-12-3/h10,12,14H,4-9H2,1-3H3. The Bertz CT molecular complexity index is 172. The van der Waals surface area contributed by atoms with Gasteiger partial charge in [-0.05, 0) is 45.7 Å². The highest BCUT2D eigenvalue weighted by Crippen LogP contribution is 2.27. The topological polar surface area (TPSA) is 44.7 Å². The normalized spacial score (nSPS) is 20.8. The average molecular weight is 216 g/mol. The largest absolute Gasteiger partial charge is 0.390 e. The summed E-state index contributed by atoms with van der Waals surface area (Å²) in [5.41, 5.74) is 2.15. The van der Waals surface area contributed by atoms with Crippen LogP contribution in [0.1, 0.15) is 26.7 Å². The van der Waals surface area contributed by atoms with Crippen LogP contribution in [0.3, 0.4) is 0 Å². The van der Waals surface area contributed by atoms with Gasteiger partial charge in [-0.2, -0.15) is 0 Å². The molecule has 4 heteroatoms. The number of piperidine rings is 1. The van der Waals surface area contributed by atoms with Crippen LogP contribution in [0.5, 0.6) is 0 Å². The molecule has 1 saturated heterocycles. The molecule has 0 unspecified atom stereocenters. The van der Waals surface area contributed by atoms with Gasteiger partial charge in [0, 0.05) is 13.6 Å². The van der Waals surface area contributed by atoms with E-state index in [-0.39, 0.29) is 0 Å². The summed E-state index contributed by atoms with van der Waals surface area (Å²) >= 11 is 0. The molecule has 0 saturated carbocycles. The predicted octanol–water partition coefficient (Wildman–Crippen LogP) is 0.620. The van der Waals surface area contributed by atoms with Crippen molar-refractivity contribution < 1.29 is 9.94 Å². The zero-order valence-corrected chi connectivity index (χ0v) is 10.1. The molecule has 0 radical (unpaired) electrons. The van der Waals surface area contributed by atoms with Crippen molar-refractivity contribution in [3.8, 4) is 0 Å². The van der Waals surface area contributed by atoms with Crippen LogP contribution in [0.15, 0.2) is 0 Å². The summed E-state index contributed by atoms with van der Waals surface area (Å²) in [6, 6.07) is 0. The second-order valence-electron chi connectivity index (χ2n) is 4.82. The zero-order valence-electron chi connectivity index (χ0n) is 10.1. The fourth-order valence-electron chi connectivity index (χ4n) is 2.14. The van der Waals surface area contributed by atoms with E-state index >= 15 is 0 Å². The third-order valence-electron chi connectivity index (χ3n) is 3.24. The van der Waals surface area contributed by atoms with Crippen molar-refractivity contribution in [3.63, 3.8) is 0 Å². The van der Waals surface area contributed by atoms with Crippen LogP contribution >= 0.6 is 0 Å². The van der Waals surface area contributed by atoms with Gasteiger partial charge in [-0.25, -0.2) is 5.48 Å². The molecule has 90 valence electrons. The van der Waals surface area contributed by atoms with E-state index in [9.17, 15) is 5.11 Å². The number of hydrogen-bond donors (Lipinski definition) is 2. The Hall–Kier alpha value is -0.160. The van der Waals surface area contributed by atoms with E-state index in [0.29, 0.717) is 5.92 Å². The molecule has 0 spiro atoms. The predicted molar refractivity (Wildman–Crippen MR) is 60.5 cm³/mol. The van der Waals surface area contributed by atoms with Crippen molar-refractivity contribution in [2.24, 2.45) is 5.92 Å². The molecule has 0 atom stereocenters. The molecular weight excluding hydrogens is 192 g/mol. The molecule has 4 nitrogen and oxygen atoms in total. The van der Waals surface area contributed by atoms with Crippen molar-refractivity contribution in [3.05, 3.63) is 0 Å². The van der Waals surface area contributed by atoms with E-state index in [0.717, 1.165) is 39.1 Å². The maximum Gasteiger partial charge on any atom is 0.0809 e. The van der Waals surface area contributed by atoms with Gasteiger partial charge in [-0.1, -0.05) is 0 Å². The van der Waals surface area contributed by atoms with Crippen LogP contribution in [0.2, 0.25) is 0 Å². The molecule has 0 aliphatic carbocycles. The molecule has 1 rings (SSSR count). The van der Waals surface area contributed by atoms with E-state index in [2.05, 4.69) is 10.4 Å². The summed E-state index contributed by atoms with van der Waals surface area (Å²) in [7, 11) is 1.78. The molecule has 1 heterocycles. The number of nitrogens with zero attached hydrogens (tertiary/aromatic N) is 1. The van der Waals surface area contributed by atoms with Crippen molar-refractivity contribution >= 4 is 0 Å². The van der Waals surface area contributed by atoms with Crippen LogP contribution in [-0.2, 0) is 4.84 Å². The summed E-state index contributed by atoms with van der Waals surface area (Å²) in [6.07, 6.45) is 2.17. The molecule has 0 aromatic heterocycles. The lowest BCUT2D eigenvalue weighted by atomic mass is 9.83. The highest BCUT2D eigenvalue weighted by Gasteiger charge is 2.30. The maximum absolute atomic E-state index is 9.89. The van der Waals surface area contributed by atoms with Gasteiger partial charge in [0.25, 0.3) is 0 Å². The number of aliphatic hydroxyl groups is 1. The monoisotopic (exact) mass is 216 g/mol. The van der Waals surface area contributed by atoms with Crippen molar-refractivity contribution in [2.45, 2.75) is 32.3 Å². The summed E-state index contributed by atoms with van der Waals surface area (Å²) in [6.45, 7) is 7.67. The van der Waals surface area contributed by atoms with Crippen LogP contribution in [0.25, 0.3) is 0 Å². The maximum atomic E-state index is 9.89. The molecule has 15 heavy (non-hydrogen) atoms. The lowest BCUT2D eigenvalue weighted by Gasteiger charge is -2.37. The first-order valence-electron chi connectivity index (χ1n) is 5.77. The number of nitrogens with one attached hydrogen (secondary N) is 1. The lowest BCUT2D eigenvalue weighted by Crippen LogP contribution is -2.43. The van der Waals surface area contributed by atoms with Crippen LogP contribution in [0.4, 0.5) is 0 Å². The summed E-state index contributed by atoms with van der Waals surface area (Å²) in [4.78, 5) is 7.48. The molecule has 1 fully saturated rings. The second-order valence-corrected chi connectivity index (χ2v) is 4.82. The number of likely N-dealkylation sites (tertiary alicyclic amines) is 1. The Morgan fingerprint density at radius 1 is 1.40 bits per heavy atom. The first kappa shape index (κ1) is 12.9. The minimum absolute atomic E-state index is 0.443. The Morgan fingerprint density at radius 2 is 2.00 bits per heavy atom. The quantitative estimate of drug-likeness (QED) is 0.522. The van der Waals surface area contributed by atoms with E-state index in [1.807, 2.05) is 13.8 Å². The molecule has 0 bridgehead atoms. The zero-order chi connectivity index (χ0) is 11.3. The van der Waals surface area contributed by atoms with Gasteiger partial charge in [-0.3, -0.25) is 0 Å². The van der Waals surface area contributed by atoms with Crippen LogP contribution in [-0.4, -0.2) is 48.9 Å². The smallest absolute Gasteiger partial charge is 0.0809 e. The Labute approximate surface area is 92.6 Å². The van der Waals surface area contributed by atoms with E-state index < -0.39 is 5.60 Å². The average Bonchev–Trinajstić information content (AvgIpc) is 2.18. The van der Waals surface area contributed by atoms with Gasteiger partial charge in [0.15, 0.2) is 0 Å². The molecule has 0 amide bonds. The van der Waals surface area contributed by atoms with Crippen molar-refractivity contribution in [1.29, 1.82) is 0 Å². The Morgan fingerprint density at radius 3 is 2.47 bits per heavy atom. The van der Waals surface area contributed by atoms with E-state index in [1.54, 1.807) is 7.05 Å². The summed E-state index contributed by atoms with van der Waals surface area (Å²) in [5, 5.41) is 9.89. The Balaban J connectivity index is 2.18. The second kappa shape index (κ2) is 5.80. The van der Waals surface area contributed by atoms with Gasteiger partial charge >= 0.3 is 0 Å². The molecule has 2 N–H and O–H groups in total. The highest BCUT2D eigenvalue weighted by molar-refractivity contribution is 4.82. The van der Waals surface area contributed by atoms with Gasteiger partial charge in [0.2, 0.25) is 0 Å². The molecule has 1 aliphatic rings. The van der Waals surface area contributed by atoms with Gasteiger partial charge in [-0.15, -0.1) is 0 Å². The molecule has 1 aliphatic heterocycles. The highest BCUT2D eigenvalue weighted by atomic mass is 16.6. The van der Waals surface area contributed by atoms with Crippen molar-refractivity contribution in [1.82, 2.24) is 10.4 Å². The van der Waals surface area contributed by atoms with Gasteiger partial charge in [0.1, 0.15) is 0 Å². The number of hydroxylamine groups is 1. The van der Waals surface area contributed by atoms with Gasteiger partial charge in [0.05, 0.1) is 12.2 Å². The fraction of sp³-hybridized carbons (Fsp3) is 1.00. The fourth-order valence-corrected chi connectivity index (χ4v) is 2.14. The lowest BCUT2D eigenvalue weighted by molar-refractivity contribution is -0.0202. The number of rotatable bonds is 5. The van der Waals surface area contributed by atoms with Crippen LogP contribution in [0, 0.1) is 5.92 Å². The molecule has 0 aromatic carbocycles. The summed E-state index contributed by atoms with van der Waals surface area (Å²) in [5.74, 6) is 0.443. The van der Waals surface area contributed by atoms with Crippen molar-refractivity contribution in [2.75, 3.05) is 33.3 Å². The minimum Gasteiger partial charge on any atom is -0.390 e. The molecular formula is C11H24N2O2. The van der Waals surface area contributed by atoms with E-state index in [4.69, 9.17) is 4.84 Å². The first-order chi connectivity index (χ1) is 7.04. The minimum atomic E-state index is -0.520. The summed E-state index contributed by atoms with van der Waals surface area (Å²) < 4.78 is 0. The Kier molecular flexibility index (Phi) is 4.99. The number of hydrogen-bond acceptors (Lipinski definition) is 4. The molecule has 0 aromatic rings. The first-order valence-corrected chi connectivity index (χ1v) is 5.77. The third kappa shape index (κ3) is 4.47. The van der Waals surface area contributed by atoms with E-state index in [1.165, 1.54) is 0 Å². The third-order valence-corrected chi connectivity index (χ3v) is 3.24. The van der Waals surface area contributed by atoms with Gasteiger partial charge < -0.3 is 14.8 Å². The van der Waals surface area contributed by atoms with Crippen LogP contribution < -0.4 is 5.48 Å².